The second-order valence-electron chi connectivity index (χ2n) is 8.69. The molecule has 0 aliphatic heterocycles. The molecule has 1 aromatic heterocycles. The average molecular weight is 469 g/mol. The van der Waals surface area contributed by atoms with Crippen molar-refractivity contribution in [2.45, 2.75) is 58.3 Å². The standard InChI is InChI=1S/C25H32N4O3S/c1-16(2)14-29-24(18(5)32-22-12-7-6-11-21(22)17(3)4)27-28-25(29)33-15-23(31)26-19-9-8-10-20(30)13-19/h6-13,16-18,30H,14-15H2,1-5H3,(H,26,31). The van der Waals surface area contributed by atoms with Crippen LogP contribution in [0.1, 0.15) is 58.0 Å². The lowest BCUT2D eigenvalue weighted by Crippen LogP contribution is -2.17. The predicted octanol–water partition coefficient (Wildman–Crippen LogP) is 5.63. The smallest absolute Gasteiger partial charge is 0.234 e. The number of aromatic hydroxyl groups is 1. The van der Waals surface area contributed by atoms with Crippen LogP contribution in [0.3, 0.4) is 0 Å². The van der Waals surface area contributed by atoms with Crippen LogP contribution in [0, 0.1) is 5.92 Å². The number of rotatable bonds is 10. The van der Waals surface area contributed by atoms with Crippen molar-refractivity contribution in [2.24, 2.45) is 5.92 Å². The third kappa shape index (κ3) is 6.74. The number of para-hydroxylation sites is 1. The highest BCUT2D eigenvalue weighted by atomic mass is 32.2. The first-order valence-corrected chi connectivity index (χ1v) is 12.1. The zero-order valence-electron chi connectivity index (χ0n) is 19.8. The number of carbonyl (C=O) groups excluding carboxylic acids is 1. The van der Waals surface area contributed by atoms with Gasteiger partial charge >= 0.3 is 0 Å². The maximum atomic E-state index is 12.4. The van der Waals surface area contributed by atoms with Gasteiger partial charge in [0.1, 0.15) is 11.5 Å². The largest absolute Gasteiger partial charge is 0.508 e. The normalized spacial score (nSPS) is 12.2. The number of nitrogens with one attached hydrogen (secondary N) is 1. The molecule has 0 fully saturated rings. The van der Waals surface area contributed by atoms with Gasteiger partial charge in [-0.15, -0.1) is 10.2 Å². The molecular formula is C25H32N4O3S. The molecule has 0 aliphatic carbocycles. The first-order chi connectivity index (χ1) is 15.7. The summed E-state index contributed by atoms with van der Waals surface area (Å²) in [5.41, 5.74) is 1.70. The number of ether oxygens (including phenoxy) is 1. The van der Waals surface area contributed by atoms with E-state index in [-0.39, 0.29) is 23.5 Å². The highest BCUT2D eigenvalue weighted by molar-refractivity contribution is 7.99. The van der Waals surface area contributed by atoms with Crippen LogP contribution in [-0.4, -0.2) is 31.5 Å². The zero-order valence-corrected chi connectivity index (χ0v) is 20.6. The van der Waals surface area contributed by atoms with Crippen LogP contribution in [-0.2, 0) is 11.3 Å². The molecule has 33 heavy (non-hydrogen) atoms. The number of phenols is 1. The maximum absolute atomic E-state index is 12.4. The molecular weight excluding hydrogens is 436 g/mol. The molecule has 8 heteroatoms. The van der Waals surface area contributed by atoms with Crippen LogP contribution in [0.4, 0.5) is 5.69 Å². The number of hydrogen-bond donors (Lipinski definition) is 2. The zero-order chi connectivity index (χ0) is 24.0. The molecule has 0 saturated carbocycles. The SMILES string of the molecule is CC(C)Cn1c(SCC(=O)Nc2cccc(O)c2)nnc1C(C)Oc1ccccc1C(C)C. The van der Waals surface area contributed by atoms with Crippen LogP contribution in [0.25, 0.3) is 0 Å². The van der Waals surface area contributed by atoms with Gasteiger partial charge in [-0.1, -0.05) is 63.7 Å². The van der Waals surface area contributed by atoms with Gasteiger partial charge in [0, 0.05) is 18.3 Å². The first kappa shape index (κ1) is 24.6. The van der Waals surface area contributed by atoms with E-state index in [0.717, 1.165) is 23.7 Å². The van der Waals surface area contributed by atoms with Gasteiger partial charge in [0.15, 0.2) is 17.1 Å². The number of phenolic OH excluding ortho intramolecular Hbond substituents is 1. The van der Waals surface area contributed by atoms with Gasteiger partial charge in [0.05, 0.1) is 5.75 Å². The Bertz CT molecular complexity index is 1080. The fraction of sp³-hybridized carbons (Fsp3) is 0.400. The lowest BCUT2D eigenvalue weighted by atomic mass is 10.0. The Balaban J connectivity index is 1.73. The number of aromatic nitrogens is 3. The number of anilines is 1. The molecule has 3 aromatic rings. The molecule has 0 radical (unpaired) electrons. The summed E-state index contributed by atoms with van der Waals surface area (Å²) in [5, 5.41) is 21.8. The van der Waals surface area contributed by atoms with Gasteiger partial charge in [0.25, 0.3) is 0 Å². The van der Waals surface area contributed by atoms with Crippen molar-refractivity contribution in [1.82, 2.24) is 14.8 Å². The van der Waals surface area contributed by atoms with Crippen LogP contribution in [0.15, 0.2) is 53.7 Å². The highest BCUT2D eigenvalue weighted by Gasteiger charge is 2.22. The maximum Gasteiger partial charge on any atom is 0.234 e. The Kier molecular flexibility index (Phi) is 8.38. The number of carbonyl (C=O) groups is 1. The summed E-state index contributed by atoms with van der Waals surface area (Å²) in [5.74, 6) is 2.40. The molecule has 2 N–H and O–H groups in total. The van der Waals surface area contributed by atoms with Crippen molar-refractivity contribution >= 4 is 23.4 Å². The van der Waals surface area contributed by atoms with E-state index in [1.54, 1.807) is 18.2 Å². The van der Waals surface area contributed by atoms with Gasteiger partial charge in [0.2, 0.25) is 5.91 Å². The molecule has 3 rings (SSSR count). The Hall–Kier alpha value is -3.00. The molecule has 0 bridgehead atoms. The molecule has 1 unspecified atom stereocenters. The number of amides is 1. The van der Waals surface area contributed by atoms with Gasteiger partial charge in [-0.05, 0) is 42.5 Å². The predicted molar refractivity (Wildman–Crippen MR) is 132 cm³/mol. The third-order valence-electron chi connectivity index (χ3n) is 4.96. The lowest BCUT2D eigenvalue weighted by Gasteiger charge is -2.20. The van der Waals surface area contributed by atoms with E-state index in [9.17, 15) is 9.90 Å². The van der Waals surface area contributed by atoms with Crippen LogP contribution >= 0.6 is 11.8 Å². The summed E-state index contributed by atoms with van der Waals surface area (Å²) in [7, 11) is 0. The minimum atomic E-state index is -0.299. The minimum absolute atomic E-state index is 0.106. The fourth-order valence-corrected chi connectivity index (χ4v) is 4.22. The highest BCUT2D eigenvalue weighted by Crippen LogP contribution is 2.31. The Morgan fingerprint density at radius 2 is 1.85 bits per heavy atom. The summed E-state index contributed by atoms with van der Waals surface area (Å²) in [6.07, 6.45) is -0.299. The minimum Gasteiger partial charge on any atom is -0.508 e. The van der Waals surface area contributed by atoms with Crippen molar-refractivity contribution in [1.29, 1.82) is 0 Å². The Labute approximate surface area is 199 Å². The number of benzene rings is 2. The van der Waals surface area contributed by atoms with Crippen molar-refractivity contribution < 1.29 is 14.6 Å². The Morgan fingerprint density at radius 1 is 1.09 bits per heavy atom. The van der Waals surface area contributed by atoms with Crippen molar-refractivity contribution in [2.75, 3.05) is 11.1 Å². The second kappa shape index (κ2) is 11.2. The van der Waals surface area contributed by atoms with Crippen molar-refractivity contribution in [3.05, 3.63) is 59.9 Å². The fourth-order valence-electron chi connectivity index (χ4n) is 3.46. The van der Waals surface area contributed by atoms with E-state index in [1.807, 2.05) is 29.7 Å². The molecule has 0 spiro atoms. The van der Waals surface area contributed by atoms with Crippen molar-refractivity contribution in [3.8, 4) is 11.5 Å². The van der Waals surface area contributed by atoms with Crippen LogP contribution in [0.2, 0.25) is 0 Å². The Morgan fingerprint density at radius 3 is 2.55 bits per heavy atom. The van der Waals surface area contributed by atoms with E-state index in [1.165, 1.54) is 17.8 Å². The van der Waals surface area contributed by atoms with E-state index in [0.29, 0.717) is 22.7 Å². The molecule has 176 valence electrons. The number of thioether (sulfide) groups is 1. The summed E-state index contributed by atoms with van der Waals surface area (Å²) in [6.45, 7) is 11.2. The summed E-state index contributed by atoms with van der Waals surface area (Å²) in [6, 6.07) is 14.5. The summed E-state index contributed by atoms with van der Waals surface area (Å²) >= 11 is 1.33. The molecule has 1 amide bonds. The van der Waals surface area contributed by atoms with E-state index in [4.69, 9.17) is 4.74 Å². The van der Waals surface area contributed by atoms with E-state index in [2.05, 4.69) is 49.3 Å². The molecule has 2 aromatic carbocycles. The van der Waals surface area contributed by atoms with Crippen molar-refractivity contribution in [3.63, 3.8) is 0 Å². The number of hydrogen-bond acceptors (Lipinski definition) is 6. The monoisotopic (exact) mass is 468 g/mol. The summed E-state index contributed by atoms with van der Waals surface area (Å²) in [4.78, 5) is 12.4. The van der Waals surface area contributed by atoms with Gasteiger partial charge < -0.3 is 19.7 Å². The van der Waals surface area contributed by atoms with E-state index >= 15 is 0 Å². The van der Waals surface area contributed by atoms with Crippen LogP contribution < -0.4 is 10.1 Å². The second-order valence-corrected chi connectivity index (χ2v) is 9.63. The average Bonchev–Trinajstić information content (AvgIpc) is 3.14. The first-order valence-electron chi connectivity index (χ1n) is 11.1. The topological polar surface area (TPSA) is 89.3 Å². The van der Waals surface area contributed by atoms with Gasteiger partial charge in [-0.25, -0.2) is 0 Å². The molecule has 0 aliphatic rings. The van der Waals surface area contributed by atoms with Gasteiger partial charge in [-0.2, -0.15) is 0 Å². The van der Waals surface area contributed by atoms with E-state index < -0.39 is 0 Å². The lowest BCUT2D eigenvalue weighted by molar-refractivity contribution is -0.113. The molecule has 1 heterocycles. The summed E-state index contributed by atoms with van der Waals surface area (Å²) < 4.78 is 8.35. The van der Waals surface area contributed by atoms with Crippen LogP contribution in [0.5, 0.6) is 11.5 Å². The quantitative estimate of drug-likeness (QED) is 0.375. The molecule has 0 saturated heterocycles. The molecule has 7 nitrogen and oxygen atoms in total. The number of nitrogens with zero attached hydrogens (tertiary/aromatic N) is 3. The molecule has 1 atom stereocenters. The third-order valence-corrected chi connectivity index (χ3v) is 5.93. The van der Waals surface area contributed by atoms with Gasteiger partial charge in [-0.3, -0.25) is 4.79 Å².